The third kappa shape index (κ3) is 5.16. The number of imide groups is 2. The predicted molar refractivity (Wildman–Crippen MR) is 194 cm³/mol. The first-order chi connectivity index (χ1) is 25.9. The van der Waals surface area contributed by atoms with Crippen LogP contribution in [0.4, 0.5) is 32.8 Å². The average molecular weight is 799 g/mol. The zero-order chi connectivity index (χ0) is 40.0. The van der Waals surface area contributed by atoms with Gasteiger partial charge in [-0.05, 0) is 43.0 Å². The van der Waals surface area contributed by atoms with Gasteiger partial charge in [-0.25, -0.2) is 14.2 Å². The summed E-state index contributed by atoms with van der Waals surface area (Å²) in [7, 11) is 5.35. The van der Waals surface area contributed by atoms with Gasteiger partial charge >= 0.3 is 11.4 Å². The van der Waals surface area contributed by atoms with Crippen LogP contribution in [0.3, 0.4) is 0 Å². The van der Waals surface area contributed by atoms with E-state index < -0.39 is 102 Å². The number of rotatable bonds is 8. The smallest absolute Gasteiger partial charge is 0.301 e. The highest BCUT2D eigenvalue weighted by Crippen LogP contribution is 2.67. The molecule has 19 heteroatoms. The van der Waals surface area contributed by atoms with E-state index in [9.17, 15) is 48.9 Å². The van der Waals surface area contributed by atoms with Gasteiger partial charge in [0, 0.05) is 49.8 Å². The second-order valence-electron chi connectivity index (χ2n) is 13.8. The Labute approximate surface area is 320 Å². The van der Waals surface area contributed by atoms with E-state index in [1.165, 1.54) is 57.5 Å². The van der Waals surface area contributed by atoms with Crippen LogP contribution in [0, 0.1) is 43.8 Å². The van der Waals surface area contributed by atoms with Crippen LogP contribution in [0.25, 0.3) is 0 Å². The van der Waals surface area contributed by atoms with Gasteiger partial charge < -0.3 is 19.5 Å². The fraction of sp³-hybridized carbons (Fsp3) is 0.333. The van der Waals surface area contributed by atoms with E-state index in [1.54, 1.807) is 6.08 Å². The molecular weight excluding hydrogens is 768 g/mol. The number of phenols is 1. The number of hydrogen-bond acceptors (Lipinski definition) is 12. The summed E-state index contributed by atoms with van der Waals surface area (Å²) >= 11 is 14.8. The van der Waals surface area contributed by atoms with Crippen molar-refractivity contribution in [2.24, 2.45) is 17.8 Å². The number of benzene rings is 3. The van der Waals surface area contributed by atoms with Crippen LogP contribution in [0.2, 0.25) is 0 Å². The number of fused-ring (bicyclic) bond motifs is 4. The Bertz CT molecular complexity index is 2250. The van der Waals surface area contributed by atoms with Crippen LogP contribution in [0.15, 0.2) is 60.2 Å². The first-order valence-electron chi connectivity index (χ1n) is 16.6. The summed E-state index contributed by atoms with van der Waals surface area (Å²) in [6.45, 7) is 0. The lowest BCUT2D eigenvalue weighted by molar-refractivity contribution is -0.392. The number of alkyl halides is 2. The Morgan fingerprint density at radius 2 is 1.49 bits per heavy atom. The first-order valence-corrected chi connectivity index (χ1v) is 17.4. The van der Waals surface area contributed by atoms with Gasteiger partial charge in [0.15, 0.2) is 15.4 Å². The number of phenolic OH excluding ortho intramolecular Hbond substituents is 1. The monoisotopic (exact) mass is 797 g/mol. The highest BCUT2D eigenvalue weighted by molar-refractivity contribution is 6.58. The molecule has 16 nitrogen and oxygen atoms in total. The van der Waals surface area contributed by atoms with Gasteiger partial charge in [0.2, 0.25) is 11.8 Å². The fourth-order valence-electron chi connectivity index (χ4n) is 8.59. The Morgan fingerprint density at radius 3 is 2.04 bits per heavy atom. The van der Waals surface area contributed by atoms with E-state index in [0.29, 0.717) is 9.80 Å². The number of nitro benzene ring substituents is 2. The third-order valence-electron chi connectivity index (χ3n) is 10.9. The third-order valence-corrected chi connectivity index (χ3v) is 12.3. The molecule has 4 aliphatic rings. The number of ether oxygens (including phenoxy) is 2. The maximum absolute atomic E-state index is 14.7. The zero-order valence-electron chi connectivity index (χ0n) is 29.3. The molecule has 1 N–H and O–H groups in total. The Hall–Kier alpha value is -5.81. The summed E-state index contributed by atoms with van der Waals surface area (Å²) in [6, 6.07) is 8.86. The van der Waals surface area contributed by atoms with Crippen molar-refractivity contribution in [1.82, 2.24) is 0 Å². The lowest BCUT2D eigenvalue weighted by atomic mass is 9.56. The number of amides is 4. The second kappa shape index (κ2) is 12.9. The standard InChI is InChI=1S/C36H30Cl2FN5O11/c1-40(2)30-23(43(50)51)11-18(12-24(30)44(52)53)41-31(46)21-10-9-20-22(27(21)32(41)47)15-35(37)33(48)42(17-7-5-16(39)6-8-17)34(49)36(35,38)29(20)28-25(45)13-19(54-3)14-26(28)55-4/h5-9,11-14,21-22,27,29,45H,10,15H2,1-4H3/t21-,22+,27-,29+,35+,36-/m0/s1. The summed E-state index contributed by atoms with van der Waals surface area (Å²) in [5.41, 5.74) is -2.13. The Kier molecular flexibility index (Phi) is 8.80. The average Bonchev–Trinajstić information content (AvgIpc) is 3.48. The van der Waals surface area contributed by atoms with Crippen LogP contribution in [0.5, 0.6) is 17.2 Å². The topological polar surface area (TPSA) is 203 Å². The molecule has 4 amide bonds. The summed E-state index contributed by atoms with van der Waals surface area (Å²) in [6.07, 6.45) is 0.947. The molecule has 7 rings (SSSR count). The van der Waals surface area contributed by atoms with Gasteiger partial charge in [-0.2, -0.15) is 0 Å². The number of allylic oxidation sites excluding steroid dienone is 2. The number of halogens is 3. The SMILES string of the molecule is COc1cc(O)c([C@H]2C3=CC[C@@H]4C(=O)N(c5cc([N+](=O)[O-])c(N(C)C)c([N+](=O)[O-])c5)C(=O)[C@@H]4[C@@H]3C[C@@]3(Cl)C(=O)N(c4ccc(F)cc4)C(=O)[C@@]23Cl)c(OC)c1. The minimum atomic E-state index is -2.41. The van der Waals surface area contributed by atoms with Crippen molar-refractivity contribution in [2.75, 3.05) is 43.0 Å². The molecule has 2 heterocycles. The Balaban J connectivity index is 1.42. The molecule has 6 atom stereocenters. The normalized spacial score (nSPS) is 27.0. The number of nitrogens with zero attached hydrogens (tertiary/aromatic N) is 5. The predicted octanol–water partition coefficient (Wildman–Crippen LogP) is 5.20. The number of methoxy groups -OCH3 is 2. The number of aromatic hydroxyl groups is 1. The van der Waals surface area contributed by atoms with Crippen molar-refractivity contribution < 1.29 is 48.0 Å². The quantitative estimate of drug-likeness (QED) is 0.103. The largest absolute Gasteiger partial charge is 0.507 e. The number of anilines is 3. The lowest BCUT2D eigenvalue weighted by Gasteiger charge is -2.50. The van der Waals surface area contributed by atoms with Crippen LogP contribution in [-0.4, -0.2) is 76.6 Å². The molecule has 3 fully saturated rings. The zero-order valence-corrected chi connectivity index (χ0v) is 30.8. The summed E-state index contributed by atoms with van der Waals surface area (Å²) in [5, 5.41) is 35.8. The van der Waals surface area contributed by atoms with E-state index in [2.05, 4.69) is 0 Å². The number of carbonyl (C=O) groups is 4. The second-order valence-corrected chi connectivity index (χ2v) is 15.0. The molecule has 0 unspecified atom stereocenters. The minimum Gasteiger partial charge on any atom is -0.507 e. The molecule has 286 valence electrons. The van der Waals surface area contributed by atoms with Gasteiger partial charge in [0.25, 0.3) is 11.8 Å². The van der Waals surface area contributed by atoms with Gasteiger partial charge in [0.1, 0.15) is 23.1 Å². The molecule has 0 bridgehead atoms. The van der Waals surface area contributed by atoms with Gasteiger partial charge in [0.05, 0.1) is 47.3 Å². The van der Waals surface area contributed by atoms with E-state index in [4.69, 9.17) is 32.7 Å². The molecule has 3 aromatic rings. The van der Waals surface area contributed by atoms with Crippen LogP contribution < -0.4 is 24.2 Å². The van der Waals surface area contributed by atoms with E-state index in [1.807, 2.05) is 0 Å². The molecule has 2 aliphatic carbocycles. The molecule has 55 heavy (non-hydrogen) atoms. The Morgan fingerprint density at radius 1 is 0.873 bits per heavy atom. The summed E-state index contributed by atoms with van der Waals surface area (Å²) in [5.74, 6) is -9.82. The molecule has 2 saturated heterocycles. The minimum absolute atomic E-state index is 0.0268. The van der Waals surface area contributed by atoms with Crippen molar-refractivity contribution >= 4 is 75.3 Å². The van der Waals surface area contributed by atoms with E-state index >= 15 is 0 Å². The molecule has 1 saturated carbocycles. The lowest BCUT2D eigenvalue weighted by Crippen LogP contribution is -2.60. The summed E-state index contributed by atoms with van der Waals surface area (Å²) < 4.78 is 24.9. The number of carbonyl (C=O) groups excluding carboxylic acids is 4. The van der Waals surface area contributed by atoms with Crippen LogP contribution in [-0.2, 0) is 19.2 Å². The highest BCUT2D eigenvalue weighted by Gasteiger charge is 2.77. The molecule has 0 aromatic heterocycles. The first kappa shape index (κ1) is 37.5. The van der Waals surface area contributed by atoms with Gasteiger partial charge in [-0.15, -0.1) is 23.2 Å². The van der Waals surface area contributed by atoms with Crippen molar-refractivity contribution in [1.29, 1.82) is 0 Å². The van der Waals surface area contributed by atoms with E-state index in [-0.39, 0.29) is 40.4 Å². The maximum Gasteiger partial charge on any atom is 0.301 e. The van der Waals surface area contributed by atoms with Crippen molar-refractivity contribution in [2.45, 2.75) is 28.5 Å². The van der Waals surface area contributed by atoms with Gasteiger partial charge in [-0.1, -0.05) is 11.6 Å². The fourth-order valence-corrected chi connectivity index (χ4v) is 9.51. The van der Waals surface area contributed by atoms with Crippen molar-refractivity contribution in [3.63, 3.8) is 0 Å². The molecule has 2 aliphatic heterocycles. The van der Waals surface area contributed by atoms with E-state index in [0.717, 1.165) is 24.3 Å². The van der Waals surface area contributed by atoms with Gasteiger partial charge in [-0.3, -0.25) is 39.4 Å². The van der Waals surface area contributed by atoms with Crippen molar-refractivity contribution in [3.8, 4) is 17.2 Å². The van der Waals surface area contributed by atoms with Crippen LogP contribution >= 0.6 is 23.2 Å². The highest BCUT2D eigenvalue weighted by atomic mass is 35.5. The molecule has 0 radical (unpaired) electrons. The summed E-state index contributed by atoms with van der Waals surface area (Å²) in [4.78, 5) is 78.3. The maximum atomic E-state index is 14.7. The molecule has 3 aromatic carbocycles. The number of hydrogen-bond donors (Lipinski definition) is 1. The number of nitro groups is 2. The molecular formula is C36H30Cl2FN5O11. The molecule has 0 spiro atoms. The van der Waals surface area contributed by atoms with Crippen molar-refractivity contribution in [3.05, 3.63) is 91.8 Å². The van der Waals surface area contributed by atoms with Crippen LogP contribution in [0.1, 0.15) is 24.3 Å².